The van der Waals surface area contributed by atoms with Gasteiger partial charge in [-0.05, 0) is 91.2 Å². The van der Waals surface area contributed by atoms with Gasteiger partial charge in [-0.15, -0.1) is 10.2 Å². The van der Waals surface area contributed by atoms with Crippen molar-refractivity contribution in [2.24, 2.45) is 13.0 Å². The molecule has 2 aromatic carbocycles. The van der Waals surface area contributed by atoms with Gasteiger partial charge in [0.2, 0.25) is 5.89 Å². The van der Waals surface area contributed by atoms with Crippen molar-refractivity contribution in [3.8, 4) is 40.2 Å². The average molecular weight is 548 g/mol. The third kappa shape index (κ3) is 5.00. The highest BCUT2D eigenvalue weighted by atomic mass is 19.1. The van der Waals surface area contributed by atoms with Crippen LogP contribution in [0.4, 0.5) is 4.39 Å². The second-order valence-electron chi connectivity index (χ2n) is 11.5. The molecule has 2 aliphatic rings. The van der Waals surface area contributed by atoms with Crippen LogP contribution in [0.15, 0.2) is 53.2 Å². The first-order valence-electron chi connectivity index (χ1n) is 14.2. The van der Waals surface area contributed by atoms with Crippen LogP contribution in [0.5, 0.6) is 0 Å². The first-order valence-corrected chi connectivity index (χ1v) is 14.2. The van der Waals surface area contributed by atoms with Crippen LogP contribution in [0.3, 0.4) is 0 Å². The molecule has 1 aliphatic heterocycles. The molecule has 0 spiro atoms. The van der Waals surface area contributed by atoms with E-state index in [0.717, 1.165) is 53.9 Å². The molecule has 2 fully saturated rings. The standard InChI is InChI=1S/C32H30FN7O/c1-19-4-3-9-40(16-19)17-21-11-26(33)30-28(12-21)37-32(41-30)29-14-23(13-27(36-29)22-6-7-22)24-8-5-20(15-34)10-25(24)31-38-35-18-39(31)2/h5,8,10-14,18-19,22H,3-4,6-7,9,16-17H2,1-2H3. The second kappa shape index (κ2) is 10.2. The predicted molar refractivity (Wildman–Crippen MR) is 153 cm³/mol. The largest absolute Gasteiger partial charge is 0.432 e. The van der Waals surface area contributed by atoms with Crippen LogP contribution < -0.4 is 0 Å². The van der Waals surface area contributed by atoms with E-state index in [1.54, 1.807) is 18.5 Å². The first-order chi connectivity index (χ1) is 19.9. The van der Waals surface area contributed by atoms with Crippen molar-refractivity contribution in [1.29, 1.82) is 5.26 Å². The van der Waals surface area contributed by atoms with Crippen molar-refractivity contribution in [1.82, 2.24) is 29.6 Å². The Morgan fingerprint density at radius 3 is 2.71 bits per heavy atom. The molecule has 1 aliphatic carbocycles. The van der Waals surface area contributed by atoms with E-state index >= 15 is 4.39 Å². The molecule has 3 aromatic heterocycles. The van der Waals surface area contributed by atoms with Crippen molar-refractivity contribution in [3.63, 3.8) is 0 Å². The number of hydrogen-bond acceptors (Lipinski definition) is 7. The maximum Gasteiger partial charge on any atom is 0.246 e. The van der Waals surface area contributed by atoms with Crippen LogP contribution in [0.1, 0.15) is 55.3 Å². The lowest BCUT2D eigenvalue weighted by molar-refractivity contribution is 0.176. The number of aromatic nitrogens is 5. The third-order valence-corrected chi connectivity index (χ3v) is 8.12. The zero-order valence-corrected chi connectivity index (χ0v) is 23.1. The van der Waals surface area contributed by atoms with Gasteiger partial charge >= 0.3 is 0 Å². The molecule has 0 radical (unpaired) electrons. The zero-order valence-electron chi connectivity index (χ0n) is 23.1. The van der Waals surface area contributed by atoms with Crippen LogP contribution in [0.25, 0.3) is 45.2 Å². The maximum absolute atomic E-state index is 15.3. The summed E-state index contributed by atoms with van der Waals surface area (Å²) in [7, 11) is 1.87. The average Bonchev–Trinajstić information content (AvgIpc) is 3.59. The summed E-state index contributed by atoms with van der Waals surface area (Å²) in [6.07, 6.45) is 6.19. The Hall–Kier alpha value is -4.42. The van der Waals surface area contributed by atoms with Crippen LogP contribution in [-0.2, 0) is 13.6 Å². The minimum absolute atomic E-state index is 0.147. The fourth-order valence-corrected chi connectivity index (χ4v) is 5.92. The Morgan fingerprint density at radius 2 is 1.95 bits per heavy atom. The molecule has 41 heavy (non-hydrogen) atoms. The molecule has 1 saturated heterocycles. The Bertz CT molecular complexity index is 1810. The molecule has 5 aromatic rings. The van der Waals surface area contributed by atoms with E-state index < -0.39 is 5.82 Å². The monoisotopic (exact) mass is 547 g/mol. The topological polar surface area (TPSA) is 96.7 Å². The number of benzene rings is 2. The Labute approximate surface area is 237 Å². The summed E-state index contributed by atoms with van der Waals surface area (Å²) in [4.78, 5) is 12.0. The highest BCUT2D eigenvalue weighted by molar-refractivity contribution is 5.84. The molecule has 0 amide bonds. The smallest absolute Gasteiger partial charge is 0.246 e. The van der Waals surface area contributed by atoms with E-state index in [4.69, 9.17) is 14.4 Å². The molecule has 8 nitrogen and oxygen atoms in total. The predicted octanol–water partition coefficient (Wildman–Crippen LogP) is 6.47. The number of pyridine rings is 1. The zero-order chi connectivity index (χ0) is 28.1. The van der Waals surface area contributed by atoms with E-state index in [1.165, 1.54) is 12.8 Å². The van der Waals surface area contributed by atoms with Gasteiger partial charge < -0.3 is 8.98 Å². The van der Waals surface area contributed by atoms with Gasteiger partial charge in [0.1, 0.15) is 17.5 Å². The molecule has 1 unspecified atom stereocenters. The summed E-state index contributed by atoms with van der Waals surface area (Å²) < 4.78 is 23.1. The molecular weight excluding hydrogens is 517 g/mol. The van der Waals surface area contributed by atoms with Gasteiger partial charge in [-0.25, -0.2) is 14.4 Å². The molecule has 1 saturated carbocycles. The van der Waals surface area contributed by atoms with E-state index in [1.807, 2.05) is 35.9 Å². The quantitative estimate of drug-likeness (QED) is 0.240. The van der Waals surface area contributed by atoms with Gasteiger partial charge in [-0.3, -0.25) is 4.90 Å². The summed E-state index contributed by atoms with van der Waals surface area (Å²) in [6.45, 7) is 5.02. The highest BCUT2D eigenvalue weighted by Crippen LogP contribution is 2.43. The van der Waals surface area contributed by atoms with Crippen molar-refractivity contribution in [2.75, 3.05) is 13.1 Å². The summed E-state index contributed by atoms with van der Waals surface area (Å²) in [5.41, 5.74) is 6.18. The lowest BCUT2D eigenvalue weighted by Crippen LogP contribution is -2.33. The van der Waals surface area contributed by atoms with Crippen molar-refractivity contribution < 1.29 is 8.81 Å². The van der Waals surface area contributed by atoms with Crippen LogP contribution in [0, 0.1) is 23.1 Å². The van der Waals surface area contributed by atoms with Gasteiger partial charge in [0.15, 0.2) is 17.2 Å². The van der Waals surface area contributed by atoms with Gasteiger partial charge in [0.25, 0.3) is 0 Å². The number of fused-ring (bicyclic) bond motifs is 1. The number of piperidine rings is 1. The lowest BCUT2D eigenvalue weighted by atomic mass is 9.96. The molecule has 7 rings (SSSR count). The molecule has 9 heteroatoms. The van der Waals surface area contributed by atoms with Crippen molar-refractivity contribution in [3.05, 3.63) is 71.4 Å². The Morgan fingerprint density at radius 1 is 1.07 bits per heavy atom. The minimum Gasteiger partial charge on any atom is -0.432 e. The van der Waals surface area contributed by atoms with Gasteiger partial charge in [0.05, 0.1) is 11.6 Å². The maximum atomic E-state index is 15.3. The number of rotatable bonds is 6. The minimum atomic E-state index is -0.406. The molecule has 0 bridgehead atoms. The van der Waals surface area contributed by atoms with Crippen LogP contribution in [0.2, 0.25) is 0 Å². The van der Waals surface area contributed by atoms with Gasteiger partial charge in [0, 0.05) is 37.3 Å². The summed E-state index contributed by atoms with van der Waals surface area (Å²) in [5, 5.41) is 17.9. The fraction of sp³-hybridized carbons (Fsp3) is 0.344. The highest BCUT2D eigenvalue weighted by Gasteiger charge is 2.28. The van der Waals surface area contributed by atoms with Gasteiger partial charge in [-0.2, -0.15) is 5.26 Å². The number of hydrogen-bond donors (Lipinski definition) is 0. The van der Waals surface area contributed by atoms with E-state index in [9.17, 15) is 5.26 Å². The molecule has 4 heterocycles. The van der Waals surface area contributed by atoms with Crippen LogP contribution >= 0.6 is 0 Å². The summed E-state index contributed by atoms with van der Waals surface area (Å²) >= 11 is 0. The number of likely N-dealkylation sites (tertiary alicyclic amines) is 1. The molecular formula is C32H30FN7O. The number of aryl methyl sites for hydroxylation is 1. The number of nitrogens with zero attached hydrogens (tertiary/aromatic N) is 7. The molecule has 0 N–H and O–H groups in total. The van der Waals surface area contributed by atoms with E-state index in [0.29, 0.717) is 46.9 Å². The van der Waals surface area contributed by atoms with Crippen LogP contribution in [-0.4, -0.2) is 42.7 Å². The third-order valence-electron chi connectivity index (χ3n) is 8.12. The normalized spacial score (nSPS) is 17.7. The number of halogens is 1. The van der Waals surface area contributed by atoms with Gasteiger partial charge in [-0.1, -0.05) is 13.0 Å². The fourth-order valence-electron chi connectivity index (χ4n) is 5.92. The lowest BCUT2D eigenvalue weighted by Gasteiger charge is -2.30. The Balaban J connectivity index is 1.31. The van der Waals surface area contributed by atoms with Crippen molar-refractivity contribution in [2.45, 2.75) is 45.1 Å². The first kappa shape index (κ1) is 25.5. The SMILES string of the molecule is CC1CCCN(Cc2cc(F)c3oc(-c4cc(-c5ccc(C#N)cc5-c5nncn5C)cc(C5CC5)n4)nc3c2)C1. The molecule has 1 atom stereocenters. The summed E-state index contributed by atoms with van der Waals surface area (Å²) in [6, 6.07) is 15.3. The second-order valence-corrected chi connectivity index (χ2v) is 11.5. The summed E-state index contributed by atoms with van der Waals surface area (Å²) in [5.74, 6) is 1.56. The molecule has 206 valence electrons. The number of nitriles is 1. The number of oxazole rings is 1. The van der Waals surface area contributed by atoms with E-state index in [-0.39, 0.29) is 5.58 Å². The van der Waals surface area contributed by atoms with Crippen molar-refractivity contribution >= 4 is 11.1 Å². The van der Waals surface area contributed by atoms with E-state index in [2.05, 4.69) is 34.2 Å². The Kier molecular flexibility index (Phi) is 6.36.